The fourth-order valence-electron chi connectivity index (χ4n) is 4.35. The Kier molecular flexibility index (Phi) is 6.13. The molecular formula is C28H27NO4. The molecule has 0 bridgehead atoms. The van der Waals surface area contributed by atoms with Gasteiger partial charge in [0.05, 0.1) is 7.11 Å². The van der Waals surface area contributed by atoms with Crippen molar-refractivity contribution in [3.8, 4) is 16.9 Å². The number of fused-ring (bicyclic) bond motifs is 1. The monoisotopic (exact) mass is 441 g/mol. The van der Waals surface area contributed by atoms with E-state index in [1.165, 1.54) is 0 Å². The number of benzene rings is 3. The van der Waals surface area contributed by atoms with E-state index < -0.39 is 0 Å². The number of hydrogen-bond acceptors (Lipinski definition) is 4. The molecule has 33 heavy (non-hydrogen) atoms. The number of nitrogens with one attached hydrogen (secondary N) is 1. The summed E-state index contributed by atoms with van der Waals surface area (Å²) in [5, 5.41) is 4.18. The molecule has 5 rings (SSSR count). The van der Waals surface area contributed by atoms with Crippen molar-refractivity contribution in [2.24, 2.45) is 0 Å². The highest BCUT2D eigenvalue weighted by Crippen LogP contribution is 2.32. The highest BCUT2D eigenvalue weighted by atomic mass is 16.5. The predicted octanol–water partition coefficient (Wildman–Crippen LogP) is 5.61. The molecule has 1 amide bonds. The van der Waals surface area contributed by atoms with Gasteiger partial charge < -0.3 is 19.2 Å². The number of furan rings is 1. The smallest absolute Gasteiger partial charge is 0.251 e. The van der Waals surface area contributed by atoms with Crippen molar-refractivity contribution in [2.75, 3.05) is 20.3 Å². The topological polar surface area (TPSA) is 60.7 Å². The van der Waals surface area contributed by atoms with Crippen LogP contribution in [0.5, 0.6) is 5.75 Å². The summed E-state index contributed by atoms with van der Waals surface area (Å²) in [6.07, 6.45) is 2.39. The lowest BCUT2D eigenvalue weighted by Gasteiger charge is -2.23. The SMILES string of the molecule is COc1cccc(Cc2cc3cccc(-c4cccc(C(=O)NC5CCOCC5)c4)c3o2)c1. The molecule has 1 aliphatic rings. The second kappa shape index (κ2) is 9.51. The van der Waals surface area contributed by atoms with Gasteiger partial charge in [0, 0.05) is 42.2 Å². The summed E-state index contributed by atoms with van der Waals surface area (Å²) in [5.74, 6) is 1.67. The molecule has 2 heterocycles. The third-order valence-electron chi connectivity index (χ3n) is 6.10. The summed E-state index contributed by atoms with van der Waals surface area (Å²) in [6.45, 7) is 1.40. The second-order valence-electron chi connectivity index (χ2n) is 8.41. The van der Waals surface area contributed by atoms with E-state index in [0.29, 0.717) is 25.2 Å². The molecule has 1 aliphatic heterocycles. The van der Waals surface area contributed by atoms with E-state index in [1.54, 1.807) is 7.11 Å². The van der Waals surface area contributed by atoms with E-state index in [1.807, 2.05) is 54.6 Å². The number of ether oxygens (including phenoxy) is 2. The van der Waals surface area contributed by atoms with Crippen LogP contribution in [0, 0.1) is 0 Å². The van der Waals surface area contributed by atoms with Crippen molar-refractivity contribution in [1.82, 2.24) is 5.32 Å². The molecule has 1 aromatic heterocycles. The average Bonchev–Trinajstić information content (AvgIpc) is 3.27. The third-order valence-corrected chi connectivity index (χ3v) is 6.10. The van der Waals surface area contributed by atoms with Gasteiger partial charge in [0.25, 0.3) is 5.91 Å². The highest BCUT2D eigenvalue weighted by molar-refractivity contribution is 5.98. The molecule has 0 radical (unpaired) electrons. The van der Waals surface area contributed by atoms with E-state index in [-0.39, 0.29) is 11.9 Å². The number of methoxy groups -OCH3 is 1. The Balaban J connectivity index is 1.41. The number of carbonyl (C=O) groups excluding carboxylic acids is 1. The van der Waals surface area contributed by atoms with Gasteiger partial charge in [0.15, 0.2) is 0 Å². The van der Waals surface area contributed by atoms with Gasteiger partial charge in [-0.1, -0.05) is 42.5 Å². The van der Waals surface area contributed by atoms with Crippen molar-refractivity contribution < 1.29 is 18.7 Å². The minimum atomic E-state index is -0.0471. The predicted molar refractivity (Wildman–Crippen MR) is 129 cm³/mol. The molecule has 0 aliphatic carbocycles. The summed E-state index contributed by atoms with van der Waals surface area (Å²) in [4.78, 5) is 12.8. The number of rotatable bonds is 6. The zero-order chi connectivity index (χ0) is 22.6. The lowest BCUT2D eigenvalue weighted by atomic mass is 10.0. The first-order chi connectivity index (χ1) is 16.2. The second-order valence-corrected chi connectivity index (χ2v) is 8.41. The Bertz CT molecular complexity index is 1270. The maximum Gasteiger partial charge on any atom is 0.251 e. The molecular weight excluding hydrogens is 414 g/mol. The molecule has 1 saturated heterocycles. The molecule has 3 aromatic carbocycles. The molecule has 0 saturated carbocycles. The summed E-state index contributed by atoms with van der Waals surface area (Å²) in [6, 6.07) is 24.1. The van der Waals surface area contributed by atoms with Crippen molar-refractivity contribution in [2.45, 2.75) is 25.3 Å². The van der Waals surface area contributed by atoms with Gasteiger partial charge in [0.2, 0.25) is 0 Å². The average molecular weight is 442 g/mol. The van der Waals surface area contributed by atoms with Crippen LogP contribution >= 0.6 is 0 Å². The van der Waals surface area contributed by atoms with Crippen LogP contribution in [0.1, 0.15) is 34.5 Å². The number of hydrogen-bond donors (Lipinski definition) is 1. The van der Waals surface area contributed by atoms with Gasteiger partial charge in [-0.25, -0.2) is 0 Å². The van der Waals surface area contributed by atoms with Crippen LogP contribution in [0.2, 0.25) is 0 Å². The van der Waals surface area contributed by atoms with Gasteiger partial charge in [0.1, 0.15) is 17.1 Å². The molecule has 1 fully saturated rings. The Morgan fingerprint density at radius 2 is 1.82 bits per heavy atom. The summed E-state index contributed by atoms with van der Waals surface area (Å²) < 4.78 is 17.0. The van der Waals surface area contributed by atoms with Gasteiger partial charge in [-0.2, -0.15) is 0 Å². The highest BCUT2D eigenvalue weighted by Gasteiger charge is 2.18. The lowest BCUT2D eigenvalue weighted by Crippen LogP contribution is -2.38. The van der Waals surface area contributed by atoms with Crippen molar-refractivity contribution in [3.05, 3.63) is 89.7 Å². The van der Waals surface area contributed by atoms with E-state index in [0.717, 1.165) is 52.0 Å². The lowest BCUT2D eigenvalue weighted by molar-refractivity contribution is 0.0696. The van der Waals surface area contributed by atoms with Crippen LogP contribution in [0.25, 0.3) is 22.1 Å². The van der Waals surface area contributed by atoms with Crippen LogP contribution in [-0.2, 0) is 11.2 Å². The molecule has 5 heteroatoms. The van der Waals surface area contributed by atoms with Gasteiger partial charge in [-0.05, 0) is 54.3 Å². The van der Waals surface area contributed by atoms with Crippen molar-refractivity contribution in [1.29, 1.82) is 0 Å². The molecule has 168 valence electrons. The Labute approximate surface area is 193 Å². The molecule has 5 nitrogen and oxygen atoms in total. The maximum absolute atomic E-state index is 12.8. The summed E-state index contributed by atoms with van der Waals surface area (Å²) in [5.41, 5.74) is 4.55. The zero-order valence-corrected chi connectivity index (χ0v) is 18.7. The number of carbonyl (C=O) groups is 1. The van der Waals surface area contributed by atoms with E-state index in [2.05, 4.69) is 23.5 Å². The van der Waals surface area contributed by atoms with Crippen LogP contribution in [0.4, 0.5) is 0 Å². The first kappa shape index (κ1) is 21.3. The first-order valence-corrected chi connectivity index (χ1v) is 11.3. The third kappa shape index (κ3) is 4.78. The van der Waals surface area contributed by atoms with Gasteiger partial charge >= 0.3 is 0 Å². The Morgan fingerprint density at radius 3 is 2.67 bits per heavy atom. The standard InChI is InChI=1S/C28H27NO4/c1-31-24-9-2-5-19(15-24)16-25-18-21-7-4-10-26(27(21)33-25)20-6-3-8-22(17-20)28(30)29-23-11-13-32-14-12-23/h2-10,15,17-18,23H,11-14,16H2,1H3,(H,29,30). The summed E-state index contributed by atoms with van der Waals surface area (Å²) in [7, 11) is 1.67. The Morgan fingerprint density at radius 1 is 1.00 bits per heavy atom. The Hall–Kier alpha value is -3.57. The van der Waals surface area contributed by atoms with Gasteiger partial charge in [-0.15, -0.1) is 0 Å². The first-order valence-electron chi connectivity index (χ1n) is 11.3. The van der Waals surface area contributed by atoms with E-state index in [4.69, 9.17) is 13.9 Å². The number of para-hydroxylation sites is 1. The molecule has 0 unspecified atom stereocenters. The van der Waals surface area contributed by atoms with E-state index in [9.17, 15) is 4.79 Å². The van der Waals surface area contributed by atoms with Crippen LogP contribution in [0.15, 0.2) is 77.2 Å². The number of amides is 1. The quantitative estimate of drug-likeness (QED) is 0.423. The molecule has 0 spiro atoms. The minimum absolute atomic E-state index is 0.0471. The molecule has 1 N–H and O–H groups in total. The van der Waals surface area contributed by atoms with Crippen molar-refractivity contribution >= 4 is 16.9 Å². The van der Waals surface area contributed by atoms with Crippen LogP contribution in [0.3, 0.4) is 0 Å². The van der Waals surface area contributed by atoms with Gasteiger partial charge in [-0.3, -0.25) is 4.79 Å². The van der Waals surface area contributed by atoms with Crippen molar-refractivity contribution in [3.63, 3.8) is 0 Å². The fourth-order valence-corrected chi connectivity index (χ4v) is 4.35. The minimum Gasteiger partial charge on any atom is -0.497 e. The normalized spacial score (nSPS) is 14.3. The van der Waals surface area contributed by atoms with E-state index >= 15 is 0 Å². The zero-order valence-electron chi connectivity index (χ0n) is 18.7. The maximum atomic E-state index is 12.8. The summed E-state index contributed by atoms with van der Waals surface area (Å²) >= 11 is 0. The van der Waals surface area contributed by atoms with Crippen LogP contribution < -0.4 is 10.1 Å². The molecule has 4 aromatic rings. The largest absolute Gasteiger partial charge is 0.497 e. The fraction of sp³-hybridized carbons (Fsp3) is 0.250. The van der Waals surface area contributed by atoms with Crippen LogP contribution in [-0.4, -0.2) is 32.3 Å². The molecule has 0 atom stereocenters.